The lowest BCUT2D eigenvalue weighted by atomic mass is 9.76. The number of anilines is 1. The molecule has 1 unspecified atom stereocenters. The molecule has 106 valence electrons. The molecule has 0 radical (unpaired) electrons. The predicted molar refractivity (Wildman–Crippen MR) is 81.1 cm³/mol. The number of hydrogen-bond donors (Lipinski definition) is 1. The molecule has 0 fully saturated rings. The number of carbonyl (C=O) groups excluding carboxylic acids is 2. The molecule has 1 atom stereocenters. The van der Waals surface area contributed by atoms with E-state index < -0.39 is 5.92 Å². The maximum absolute atomic E-state index is 12.3. The van der Waals surface area contributed by atoms with Crippen LogP contribution in [0, 0.1) is 11.3 Å². The van der Waals surface area contributed by atoms with E-state index in [4.69, 9.17) is 23.2 Å². The molecule has 0 aromatic heterocycles. The monoisotopic (exact) mass is 311 g/mol. The lowest BCUT2D eigenvalue weighted by Gasteiger charge is -2.28. The van der Waals surface area contributed by atoms with Gasteiger partial charge in [0.05, 0.1) is 15.7 Å². The largest absolute Gasteiger partial charge is 0.323 e. The van der Waals surface area contributed by atoms with Gasteiger partial charge in [-0.15, -0.1) is 0 Å². The highest BCUT2D eigenvalue weighted by Gasteiger charge is 2.34. The standard InChI is InChI=1S/C15H15Cl2NO2/c1-15(2)7-6-12(19)9(8-15)14(20)18-13-10(16)4-3-5-11(13)17/h3-7,9H,8H2,1-2H3,(H,18,20). The number of carbonyl (C=O) groups is 2. The fourth-order valence-corrected chi connectivity index (χ4v) is 2.66. The van der Waals surface area contributed by atoms with Gasteiger partial charge >= 0.3 is 0 Å². The minimum atomic E-state index is -0.706. The van der Waals surface area contributed by atoms with Crippen LogP contribution in [0.5, 0.6) is 0 Å². The van der Waals surface area contributed by atoms with Crippen LogP contribution in [0.25, 0.3) is 0 Å². The maximum Gasteiger partial charge on any atom is 0.235 e. The average Bonchev–Trinajstić information content (AvgIpc) is 2.37. The summed E-state index contributed by atoms with van der Waals surface area (Å²) in [6.45, 7) is 3.97. The van der Waals surface area contributed by atoms with Crippen molar-refractivity contribution in [1.29, 1.82) is 0 Å². The van der Waals surface area contributed by atoms with Gasteiger partial charge in [0, 0.05) is 0 Å². The van der Waals surface area contributed by atoms with E-state index in [1.807, 2.05) is 19.9 Å². The molecule has 0 saturated heterocycles. The van der Waals surface area contributed by atoms with Crippen LogP contribution in [-0.2, 0) is 9.59 Å². The zero-order chi connectivity index (χ0) is 14.9. The Hall–Kier alpha value is -1.32. The smallest absolute Gasteiger partial charge is 0.235 e. The van der Waals surface area contributed by atoms with Gasteiger partial charge in [-0.2, -0.15) is 0 Å². The summed E-state index contributed by atoms with van der Waals surface area (Å²) in [4.78, 5) is 24.2. The number of hydrogen-bond acceptors (Lipinski definition) is 2. The van der Waals surface area contributed by atoms with E-state index in [1.54, 1.807) is 18.2 Å². The Morgan fingerprint density at radius 2 is 1.90 bits per heavy atom. The van der Waals surface area contributed by atoms with Crippen molar-refractivity contribution in [3.05, 3.63) is 40.4 Å². The van der Waals surface area contributed by atoms with Crippen molar-refractivity contribution >= 4 is 40.6 Å². The number of ketones is 1. The summed E-state index contributed by atoms with van der Waals surface area (Å²) in [5.41, 5.74) is 0.168. The van der Waals surface area contributed by atoms with Gasteiger partial charge in [-0.1, -0.05) is 49.2 Å². The topological polar surface area (TPSA) is 46.2 Å². The number of amides is 1. The van der Waals surface area contributed by atoms with Gasteiger partial charge < -0.3 is 5.32 Å². The van der Waals surface area contributed by atoms with Gasteiger partial charge in [-0.25, -0.2) is 0 Å². The van der Waals surface area contributed by atoms with Crippen molar-refractivity contribution in [3.8, 4) is 0 Å². The molecular weight excluding hydrogens is 297 g/mol. The Kier molecular flexibility index (Phi) is 4.21. The van der Waals surface area contributed by atoms with E-state index >= 15 is 0 Å². The van der Waals surface area contributed by atoms with Crippen LogP contribution in [0.4, 0.5) is 5.69 Å². The van der Waals surface area contributed by atoms with E-state index in [-0.39, 0.29) is 17.1 Å². The molecule has 1 aliphatic carbocycles. The predicted octanol–water partition coefficient (Wildman–Crippen LogP) is 4.10. The van der Waals surface area contributed by atoms with Gasteiger partial charge in [0.1, 0.15) is 5.92 Å². The molecule has 0 aliphatic heterocycles. The van der Waals surface area contributed by atoms with E-state index in [2.05, 4.69) is 5.32 Å². The van der Waals surface area contributed by atoms with Crippen LogP contribution in [-0.4, -0.2) is 11.7 Å². The zero-order valence-corrected chi connectivity index (χ0v) is 12.8. The maximum atomic E-state index is 12.3. The lowest BCUT2D eigenvalue weighted by molar-refractivity contribution is -0.130. The second-order valence-corrected chi connectivity index (χ2v) is 6.38. The molecule has 20 heavy (non-hydrogen) atoms. The molecule has 0 bridgehead atoms. The van der Waals surface area contributed by atoms with Gasteiger partial charge in [0.2, 0.25) is 5.91 Å². The summed E-state index contributed by atoms with van der Waals surface area (Å²) in [7, 11) is 0. The second kappa shape index (κ2) is 5.58. The third-order valence-electron chi connectivity index (χ3n) is 3.30. The molecule has 1 amide bonds. The Labute approximate surface area is 127 Å². The van der Waals surface area contributed by atoms with Crippen LogP contribution in [0.1, 0.15) is 20.3 Å². The third-order valence-corrected chi connectivity index (χ3v) is 3.93. The molecule has 1 aliphatic rings. The van der Waals surface area contributed by atoms with Crippen molar-refractivity contribution in [2.75, 3.05) is 5.32 Å². The summed E-state index contributed by atoms with van der Waals surface area (Å²) in [6, 6.07) is 4.96. The van der Waals surface area contributed by atoms with Crippen LogP contribution in [0.15, 0.2) is 30.4 Å². The summed E-state index contributed by atoms with van der Waals surface area (Å²) >= 11 is 12.0. The summed E-state index contributed by atoms with van der Waals surface area (Å²) in [5.74, 6) is -1.27. The molecule has 1 N–H and O–H groups in total. The average molecular weight is 312 g/mol. The van der Waals surface area contributed by atoms with Crippen molar-refractivity contribution in [1.82, 2.24) is 0 Å². The first kappa shape index (κ1) is 15.1. The molecule has 5 heteroatoms. The van der Waals surface area contributed by atoms with Gasteiger partial charge in [-0.05, 0) is 30.0 Å². The van der Waals surface area contributed by atoms with E-state index in [9.17, 15) is 9.59 Å². The molecule has 2 rings (SSSR count). The normalized spacial score (nSPS) is 20.8. The van der Waals surface area contributed by atoms with Crippen molar-refractivity contribution in [3.63, 3.8) is 0 Å². The summed E-state index contributed by atoms with van der Waals surface area (Å²) < 4.78 is 0. The highest BCUT2D eigenvalue weighted by atomic mass is 35.5. The SMILES string of the molecule is CC1(C)C=CC(=O)C(C(=O)Nc2c(Cl)cccc2Cl)C1. The third kappa shape index (κ3) is 3.22. The second-order valence-electron chi connectivity index (χ2n) is 5.57. The number of para-hydroxylation sites is 1. The number of nitrogens with one attached hydrogen (secondary N) is 1. The van der Waals surface area contributed by atoms with Crippen LogP contribution in [0.3, 0.4) is 0 Å². The summed E-state index contributed by atoms with van der Waals surface area (Å²) in [5, 5.41) is 3.36. The summed E-state index contributed by atoms with van der Waals surface area (Å²) in [6.07, 6.45) is 3.78. The number of benzene rings is 1. The zero-order valence-electron chi connectivity index (χ0n) is 11.2. The molecule has 3 nitrogen and oxygen atoms in total. The first-order valence-corrected chi connectivity index (χ1v) is 7.04. The fraction of sp³-hybridized carbons (Fsp3) is 0.333. The highest BCUT2D eigenvalue weighted by molar-refractivity contribution is 6.39. The number of halogens is 2. The van der Waals surface area contributed by atoms with E-state index in [0.717, 1.165) is 0 Å². The Morgan fingerprint density at radius 1 is 1.30 bits per heavy atom. The van der Waals surface area contributed by atoms with Gasteiger partial charge in [0.15, 0.2) is 5.78 Å². The fourth-order valence-electron chi connectivity index (χ4n) is 2.17. The van der Waals surface area contributed by atoms with Crippen LogP contribution >= 0.6 is 23.2 Å². The molecule has 1 aromatic rings. The molecular formula is C15H15Cl2NO2. The molecule has 1 aromatic carbocycles. The van der Waals surface area contributed by atoms with Crippen molar-refractivity contribution in [2.45, 2.75) is 20.3 Å². The Balaban J connectivity index is 2.21. The molecule has 0 heterocycles. The number of allylic oxidation sites excluding steroid dienone is 2. The first-order valence-electron chi connectivity index (χ1n) is 6.28. The van der Waals surface area contributed by atoms with E-state index in [1.165, 1.54) is 6.08 Å². The molecule has 0 spiro atoms. The van der Waals surface area contributed by atoms with Crippen molar-refractivity contribution < 1.29 is 9.59 Å². The van der Waals surface area contributed by atoms with E-state index in [0.29, 0.717) is 22.2 Å². The Morgan fingerprint density at radius 3 is 2.50 bits per heavy atom. The minimum absolute atomic E-state index is 0.180. The van der Waals surface area contributed by atoms with Crippen LogP contribution < -0.4 is 5.32 Å². The van der Waals surface area contributed by atoms with Crippen molar-refractivity contribution in [2.24, 2.45) is 11.3 Å². The quantitative estimate of drug-likeness (QED) is 0.836. The van der Waals surface area contributed by atoms with Gasteiger partial charge in [-0.3, -0.25) is 9.59 Å². The number of rotatable bonds is 2. The van der Waals surface area contributed by atoms with Crippen LogP contribution in [0.2, 0.25) is 10.0 Å². The highest BCUT2D eigenvalue weighted by Crippen LogP contribution is 2.34. The lowest BCUT2D eigenvalue weighted by Crippen LogP contribution is -2.35. The van der Waals surface area contributed by atoms with Gasteiger partial charge in [0.25, 0.3) is 0 Å². The minimum Gasteiger partial charge on any atom is -0.323 e. The Bertz CT molecular complexity index is 573. The molecule has 0 saturated carbocycles. The first-order chi connectivity index (χ1) is 9.30.